The second-order valence-corrected chi connectivity index (χ2v) is 5.86. The van der Waals surface area contributed by atoms with Crippen LogP contribution >= 0.6 is 0 Å². The fourth-order valence-corrected chi connectivity index (χ4v) is 3.92. The van der Waals surface area contributed by atoms with Crippen LogP contribution in [-0.4, -0.2) is 29.6 Å². The smallest absolute Gasteiger partial charge is 0.0114 e. The maximum atomic E-state index is 6.10. The Balaban J connectivity index is 1.55. The van der Waals surface area contributed by atoms with Crippen molar-refractivity contribution in [3.05, 3.63) is 11.6 Å². The molecule has 1 aliphatic carbocycles. The van der Waals surface area contributed by atoms with Crippen molar-refractivity contribution in [2.24, 2.45) is 5.73 Å². The van der Waals surface area contributed by atoms with Crippen LogP contribution in [0.25, 0.3) is 0 Å². The van der Waals surface area contributed by atoms with Gasteiger partial charge in [0.15, 0.2) is 0 Å². The molecule has 2 aliphatic heterocycles. The van der Waals surface area contributed by atoms with E-state index in [-0.39, 0.29) is 0 Å². The van der Waals surface area contributed by atoms with Gasteiger partial charge in [-0.15, -0.1) is 0 Å². The van der Waals surface area contributed by atoms with Gasteiger partial charge in [0.05, 0.1) is 0 Å². The van der Waals surface area contributed by atoms with Gasteiger partial charge in [-0.3, -0.25) is 4.90 Å². The quantitative estimate of drug-likeness (QED) is 0.740. The van der Waals surface area contributed by atoms with Crippen molar-refractivity contribution in [1.29, 1.82) is 0 Å². The molecule has 0 aromatic carbocycles. The van der Waals surface area contributed by atoms with Crippen LogP contribution in [0.15, 0.2) is 11.6 Å². The molecule has 2 fully saturated rings. The summed E-state index contributed by atoms with van der Waals surface area (Å²) >= 11 is 0. The van der Waals surface area contributed by atoms with E-state index in [0.29, 0.717) is 6.04 Å². The summed E-state index contributed by atoms with van der Waals surface area (Å²) in [6.07, 6.45) is 13.2. The van der Waals surface area contributed by atoms with Gasteiger partial charge < -0.3 is 5.73 Å². The Hall–Kier alpha value is -0.340. The van der Waals surface area contributed by atoms with E-state index in [1.807, 2.05) is 0 Å². The van der Waals surface area contributed by atoms with Gasteiger partial charge in [-0.1, -0.05) is 11.6 Å². The van der Waals surface area contributed by atoms with E-state index in [2.05, 4.69) is 11.0 Å². The van der Waals surface area contributed by atoms with Crippen LogP contribution in [0.4, 0.5) is 0 Å². The lowest BCUT2D eigenvalue weighted by Crippen LogP contribution is -2.47. The lowest BCUT2D eigenvalue weighted by molar-refractivity contribution is 0.129. The number of allylic oxidation sites excluding steroid dienone is 1. The molecule has 2 atom stereocenters. The number of hydrogen-bond donors (Lipinski definition) is 1. The van der Waals surface area contributed by atoms with Gasteiger partial charge in [0.25, 0.3) is 0 Å². The van der Waals surface area contributed by atoms with Crippen molar-refractivity contribution < 1.29 is 0 Å². The molecule has 0 aromatic heterocycles. The average molecular weight is 220 g/mol. The predicted molar refractivity (Wildman–Crippen MR) is 67.3 cm³/mol. The summed E-state index contributed by atoms with van der Waals surface area (Å²) in [6.45, 7) is 1.30. The van der Waals surface area contributed by atoms with Crippen LogP contribution in [0, 0.1) is 0 Å². The summed E-state index contributed by atoms with van der Waals surface area (Å²) in [5.41, 5.74) is 7.81. The molecular weight excluding hydrogens is 196 g/mol. The number of hydrogen-bond acceptors (Lipinski definition) is 2. The van der Waals surface area contributed by atoms with E-state index < -0.39 is 0 Å². The van der Waals surface area contributed by atoms with Gasteiger partial charge in [0, 0.05) is 24.7 Å². The molecule has 2 nitrogen and oxygen atoms in total. The van der Waals surface area contributed by atoms with Crippen LogP contribution in [-0.2, 0) is 0 Å². The van der Waals surface area contributed by atoms with Crippen molar-refractivity contribution in [2.45, 2.75) is 69.5 Å². The van der Waals surface area contributed by atoms with E-state index in [4.69, 9.17) is 5.73 Å². The molecule has 2 N–H and O–H groups in total. The maximum Gasteiger partial charge on any atom is 0.0114 e. The van der Waals surface area contributed by atoms with Crippen molar-refractivity contribution in [1.82, 2.24) is 4.90 Å². The fraction of sp³-hybridized carbons (Fsp3) is 0.857. The van der Waals surface area contributed by atoms with Gasteiger partial charge in [0.2, 0.25) is 0 Å². The molecule has 3 rings (SSSR count). The zero-order chi connectivity index (χ0) is 11.0. The Labute approximate surface area is 98.9 Å². The normalized spacial score (nSPS) is 39.1. The Kier molecular flexibility index (Phi) is 3.03. The van der Waals surface area contributed by atoms with Crippen LogP contribution < -0.4 is 5.73 Å². The third kappa shape index (κ3) is 2.05. The standard InChI is InChI=1S/C14H24N2/c15-12-9-13-5-6-14(10-12)16(13)8-7-11-3-1-2-4-11/h3,12-14H,1-2,4-10,15H2. The van der Waals surface area contributed by atoms with Gasteiger partial charge in [0.1, 0.15) is 0 Å². The first kappa shape index (κ1) is 10.8. The molecule has 0 saturated carbocycles. The molecule has 2 bridgehead atoms. The summed E-state index contributed by atoms with van der Waals surface area (Å²) in [4.78, 5) is 2.77. The first-order chi connectivity index (χ1) is 7.83. The number of rotatable bonds is 3. The highest BCUT2D eigenvalue weighted by Crippen LogP contribution is 2.35. The molecule has 3 aliphatic rings. The third-order valence-corrected chi connectivity index (χ3v) is 4.75. The molecule has 0 amide bonds. The van der Waals surface area contributed by atoms with Crippen LogP contribution in [0.3, 0.4) is 0 Å². The Morgan fingerprint density at radius 3 is 2.62 bits per heavy atom. The zero-order valence-corrected chi connectivity index (χ0v) is 10.2. The SMILES string of the molecule is NC1CC2CCC(C1)N2CCC1=CCCC1. The average Bonchev–Trinajstić information content (AvgIpc) is 2.83. The summed E-state index contributed by atoms with van der Waals surface area (Å²) in [5, 5.41) is 0. The molecule has 2 saturated heterocycles. The van der Waals surface area contributed by atoms with E-state index in [0.717, 1.165) is 12.1 Å². The lowest BCUT2D eigenvalue weighted by atomic mass is 9.97. The lowest BCUT2D eigenvalue weighted by Gasteiger charge is -2.37. The first-order valence-corrected chi connectivity index (χ1v) is 7.02. The summed E-state index contributed by atoms with van der Waals surface area (Å²) < 4.78 is 0. The molecule has 16 heavy (non-hydrogen) atoms. The van der Waals surface area contributed by atoms with Gasteiger partial charge in [-0.2, -0.15) is 0 Å². The second kappa shape index (κ2) is 4.50. The number of nitrogens with two attached hydrogens (primary N) is 1. The molecule has 2 heteroatoms. The van der Waals surface area contributed by atoms with Crippen LogP contribution in [0.5, 0.6) is 0 Å². The molecule has 2 unspecified atom stereocenters. The highest BCUT2D eigenvalue weighted by molar-refractivity contribution is 5.08. The number of fused-ring (bicyclic) bond motifs is 2. The zero-order valence-electron chi connectivity index (χ0n) is 10.2. The number of nitrogens with zero attached hydrogens (tertiary/aromatic N) is 1. The molecule has 0 radical (unpaired) electrons. The first-order valence-electron chi connectivity index (χ1n) is 7.02. The molecular formula is C14H24N2. The van der Waals surface area contributed by atoms with Crippen LogP contribution in [0.1, 0.15) is 51.4 Å². The molecule has 2 heterocycles. The minimum atomic E-state index is 0.486. The minimum absolute atomic E-state index is 0.486. The Morgan fingerprint density at radius 1 is 1.25 bits per heavy atom. The third-order valence-electron chi connectivity index (χ3n) is 4.75. The predicted octanol–water partition coefficient (Wildman–Crippen LogP) is 2.44. The van der Waals surface area contributed by atoms with Crippen LogP contribution in [0.2, 0.25) is 0 Å². The van der Waals surface area contributed by atoms with E-state index in [9.17, 15) is 0 Å². The summed E-state index contributed by atoms with van der Waals surface area (Å²) in [5.74, 6) is 0. The van der Waals surface area contributed by atoms with Gasteiger partial charge in [-0.05, 0) is 51.4 Å². The highest BCUT2D eigenvalue weighted by Gasteiger charge is 2.38. The summed E-state index contributed by atoms with van der Waals surface area (Å²) in [6, 6.07) is 2.12. The minimum Gasteiger partial charge on any atom is -0.328 e. The van der Waals surface area contributed by atoms with Crippen molar-refractivity contribution >= 4 is 0 Å². The van der Waals surface area contributed by atoms with E-state index in [1.54, 1.807) is 5.57 Å². The highest BCUT2D eigenvalue weighted by atomic mass is 15.2. The Morgan fingerprint density at radius 2 is 2.00 bits per heavy atom. The maximum absolute atomic E-state index is 6.10. The van der Waals surface area contributed by atoms with E-state index >= 15 is 0 Å². The molecule has 0 aromatic rings. The van der Waals surface area contributed by atoms with Crippen molar-refractivity contribution in [3.63, 3.8) is 0 Å². The topological polar surface area (TPSA) is 29.3 Å². The molecule has 90 valence electrons. The van der Waals surface area contributed by atoms with Gasteiger partial charge >= 0.3 is 0 Å². The Bertz CT molecular complexity index is 270. The monoisotopic (exact) mass is 220 g/mol. The second-order valence-electron chi connectivity index (χ2n) is 5.86. The summed E-state index contributed by atoms with van der Waals surface area (Å²) in [7, 11) is 0. The molecule has 0 spiro atoms. The fourth-order valence-electron chi connectivity index (χ4n) is 3.92. The number of piperidine rings is 1. The van der Waals surface area contributed by atoms with Crippen molar-refractivity contribution in [3.8, 4) is 0 Å². The van der Waals surface area contributed by atoms with E-state index in [1.165, 1.54) is 57.9 Å². The van der Waals surface area contributed by atoms with Gasteiger partial charge in [-0.25, -0.2) is 0 Å². The van der Waals surface area contributed by atoms with Crippen molar-refractivity contribution in [2.75, 3.05) is 6.54 Å². The largest absolute Gasteiger partial charge is 0.328 e.